The highest BCUT2D eigenvalue weighted by atomic mass is 32.2. The Balaban J connectivity index is 1.85. The summed E-state index contributed by atoms with van der Waals surface area (Å²) in [7, 11) is 0. The Morgan fingerprint density at radius 2 is 2.08 bits per heavy atom. The number of amides is 2. The molecule has 0 unspecified atom stereocenters. The van der Waals surface area contributed by atoms with Crippen molar-refractivity contribution in [2.45, 2.75) is 23.8 Å². The number of carbonyl (C=O) groups is 3. The number of hydrogen-bond acceptors (Lipinski definition) is 5. The van der Waals surface area contributed by atoms with E-state index in [1.54, 1.807) is 18.2 Å². The standard InChI is InChI=1S/C16H18N2O5S/c19-14-9-24-13-2-1-10(7-12(13)17-14)16(22)18(8-15(20)21)11-3-5-23-6-4-11/h1-2,7,11H,3-6,8-9H2,(H,17,19)(H,20,21). The van der Waals surface area contributed by atoms with E-state index in [0.29, 0.717) is 43.1 Å². The molecule has 2 aliphatic heterocycles. The highest BCUT2D eigenvalue weighted by molar-refractivity contribution is 8.00. The lowest BCUT2D eigenvalue weighted by Gasteiger charge is -2.33. The molecule has 1 aromatic carbocycles. The fourth-order valence-electron chi connectivity index (χ4n) is 2.89. The molecule has 7 nitrogen and oxygen atoms in total. The van der Waals surface area contributed by atoms with Crippen LogP contribution in [-0.2, 0) is 14.3 Å². The van der Waals surface area contributed by atoms with Crippen LogP contribution in [0.5, 0.6) is 0 Å². The van der Waals surface area contributed by atoms with E-state index in [2.05, 4.69) is 5.32 Å². The largest absolute Gasteiger partial charge is 0.480 e. The molecule has 2 N–H and O–H groups in total. The minimum atomic E-state index is -1.04. The van der Waals surface area contributed by atoms with Crippen LogP contribution in [0.3, 0.4) is 0 Å². The van der Waals surface area contributed by atoms with Crippen LogP contribution in [0.15, 0.2) is 23.1 Å². The van der Waals surface area contributed by atoms with Gasteiger partial charge in [-0.15, -0.1) is 11.8 Å². The number of carboxylic acids is 1. The highest BCUT2D eigenvalue weighted by Crippen LogP contribution is 2.32. The smallest absolute Gasteiger partial charge is 0.323 e. The molecule has 0 spiro atoms. The van der Waals surface area contributed by atoms with Crippen molar-refractivity contribution in [3.8, 4) is 0 Å². The summed E-state index contributed by atoms with van der Waals surface area (Å²) in [6.45, 7) is 0.692. The van der Waals surface area contributed by atoms with Gasteiger partial charge in [0.1, 0.15) is 6.54 Å². The van der Waals surface area contributed by atoms with Gasteiger partial charge in [0.2, 0.25) is 5.91 Å². The first-order valence-electron chi connectivity index (χ1n) is 7.72. The second kappa shape index (κ2) is 7.23. The zero-order chi connectivity index (χ0) is 17.1. The van der Waals surface area contributed by atoms with Gasteiger partial charge in [-0.05, 0) is 31.0 Å². The summed E-state index contributed by atoms with van der Waals surface area (Å²) in [6.07, 6.45) is 1.24. The number of carbonyl (C=O) groups excluding carboxylic acids is 2. The predicted octanol–water partition coefficient (Wildman–Crippen LogP) is 1.44. The summed E-state index contributed by atoms with van der Waals surface area (Å²) in [5, 5.41) is 11.9. The number of nitrogens with one attached hydrogen (secondary N) is 1. The number of nitrogens with zero attached hydrogens (tertiary/aromatic N) is 1. The van der Waals surface area contributed by atoms with Crippen LogP contribution in [0, 0.1) is 0 Å². The van der Waals surface area contributed by atoms with Gasteiger partial charge in [-0.1, -0.05) is 0 Å². The van der Waals surface area contributed by atoms with Crippen LogP contribution in [0.2, 0.25) is 0 Å². The molecule has 0 aliphatic carbocycles. The van der Waals surface area contributed by atoms with Crippen LogP contribution in [0.1, 0.15) is 23.2 Å². The lowest BCUT2D eigenvalue weighted by molar-refractivity contribution is -0.138. The number of rotatable bonds is 4. The van der Waals surface area contributed by atoms with Crippen LogP contribution >= 0.6 is 11.8 Å². The average Bonchev–Trinajstić information content (AvgIpc) is 2.59. The lowest BCUT2D eigenvalue weighted by Crippen LogP contribution is -2.46. The first-order valence-corrected chi connectivity index (χ1v) is 8.70. The Morgan fingerprint density at radius 1 is 1.33 bits per heavy atom. The number of fused-ring (bicyclic) bond motifs is 1. The molecule has 1 saturated heterocycles. The molecule has 8 heteroatoms. The number of thioether (sulfide) groups is 1. The van der Waals surface area contributed by atoms with Gasteiger partial charge in [0.05, 0.1) is 11.4 Å². The molecule has 24 heavy (non-hydrogen) atoms. The first-order chi connectivity index (χ1) is 11.5. The molecule has 128 valence electrons. The lowest BCUT2D eigenvalue weighted by atomic mass is 10.0. The summed E-state index contributed by atoms with van der Waals surface area (Å²) in [6, 6.07) is 4.94. The van der Waals surface area contributed by atoms with Crippen LogP contribution < -0.4 is 5.32 Å². The van der Waals surface area contributed by atoms with Gasteiger partial charge in [0.25, 0.3) is 5.91 Å². The maximum atomic E-state index is 12.8. The monoisotopic (exact) mass is 350 g/mol. The fourth-order valence-corrected chi connectivity index (χ4v) is 3.68. The van der Waals surface area contributed by atoms with Crippen LogP contribution in [0.25, 0.3) is 0 Å². The molecular weight excluding hydrogens is 332 g/mol. The second-order valence-electron chi connectivity index (χ2n) is 5.72. The molecule has 3 rings (SSSR count). The maximum absolute atomic E-state index is 12.8. The Hall–Kier alpha value is -2.06. The Kier molecular flexibility index (Phi) is 5.06. The normalized spacial score (nSPS) is 17.8. The van der Waals surface area contributed by atoms with E-state index in [-0.39, 0.29) is 24.4 Å². The average molecular weight is 350 g/mol. The zero-order valence-electron chi connectivity index (χ0n) is 13.0. The molecule has 0 aromatic heterocycles. The maximum Gasteiger partial charge on any atom is 0.323 e. The Bertz CT molecular complexity index is 672. The minimum Gasteiger partial charge on any atom is -0.480 e. The molecule has 0 bridgehead atoms. The van der Waals surface area contributed by atoms with Gasteiger partial charge in [0.15, 0.2) is 0 Å². The summed E-state index contributed by atoms with van der Waals surface area (Å²) < 4.78 is 5.29. The van der Waals surface area contributed by atoms with Gasteiger partial charge in [-0.2, -0.15) is 0 Å². The van der Waals surface area contributed by atoms with Crippen molar-refractivity contribution in [1.82, 2.24) is 4.90 Å². The third kappa shape index (κ3) is 3.70. The quantitative estimate of drug-likeness (QED) is 0.853. The third-order valence-electron chi connectivity index (χ3n) is 4.06. The van der Waals surface area contributed by atoms with E-state index in [9.17, 15) is 14.4 Å². The number of aliphatic carboxylic acids is 1. The van der Waals surface area contributed by atoms with Gasteiger partial charge >= 0.3 is 5.97 Å². The molecule has 2 amide bonds. The van der Waals surface area contributed by atoms with E-state index in [0.717, 1.165) is 4.90 Å². The SMILES string of the molecule is O=C(O)CN(C(=O)c1ccc2c(c1)NC(=O)CS2)C1CCOCC1. The van der Waals surface area contributed by atoms with E-state index in [1.165, 1.54) is 16.7 Å². The molecule has 1 fully saturated rings. The number of ether oxygens (including phenoxy) is 1. The number of benzene rings is 1. The molecule has 2 heterocycles. The van der Waals surface area contributed by atoms with Crippen LogP contribution in [-0.4, -0.2) is 59.3 Å². The molecule has 2 aliphatic rings. The Labute approximate surface area is 143 Å². The van der Waals surface area contributed by atoms with Gasteiger partial charge in [0, 0.05) is 29.7 Å². The molecule has 1 aromatic rings. The summed E-state index contributed by atoms with van der Waals surface area (Å²) in [5.74, 6) is -1.13. The van der Waals surface area contributed by atoms with E-state index in [4.69, 9.17) is 9.84 Å². The minimum absolute atomic E-state index is 0.107. The van der Waals surface area contributed by atoms with Crippen molar-refractivity contribution in [2.24, 2.45) is 0 Å². The summed E-state index contributed by atoms with van der Waals surface area (Å²) >= 11 is 1.42. The molecule has 0 atom stereocenters. The van der Waals surface area contributed by atoms with E-state index in [1.807, 2.05) is 0 Å². The van der Waals surface area contributed by atoms with Crippen molar-refractivity contribution < 1.29 is 24.2 Å². The predicted molar refractivity (Wildman–Crippen MR) is 88.3 cm³/mol. The van der Waals surface area contributed by atoms with Gasteiger partial charge < -0.3 is 20.1 Å². The number of hydrogen-bond donors (Lipinski definition) is 2. The third-order valence-corrected chi connectivity index (χ3v) is 5.13. The molecule has 0 radical (unpaired) electrons. The van der Waals surface area contributed by atoms with Crippen molar-refractivity contribution >= 4 is 35.2 Å². The molecular formula is C16H18N2O5S. The summed E-state index contributed by atoms with van der Waals surface area (Å²) in [5.41, 5.74) is 0.980. The van der Waals surface area contributed by atoms with Crippen molar-refractivity contribution in [3.05, 3.63) is 23.8 Å². The van der Waals surface area contributed by atoms with Gasteiger partial charge in [-0.3, -0.25) is 14.4 Å². The first kappa shape index (κ1) is 16.8. The van der Waals surface area contributed by atoms with Crippen LogP contribution in [0.4, 0.5) is 5.69 Å². The Morgan fingerprint density at radius 3 is 2.79 bits per heavy atom. The second-order valence-corrected chi connectivity index (χ2v) is 6.74. The van der Waals surface area contributed by atoms with Crippen molar-refractivity contribution in [1.29, 1.82) is 0 Å². The van der Waals surface area contributed by atoms with Crippen molar-refractivity contribution in [3.63, 3.8) is 0 Å². The summed E-state index contributed by atoms with van der Waals surface area (Å²) in [4.78, 5) is 37.8. The van der Waals surface area contributed by atoms with E-state index >= 15 is 0 Å². The molecule has 0 saturated carbocycles. The van der Waals surface area contributed by atoms with Gasteiger partial charge in [-0.25, -0.2) is 0 Å². The fraction of sp³-hybridized carbons (Fsp3) is 0.438. The number of carboxylic acid groups (broad SMARTS) is 1. The number of anilines is 1. The van der Waals surface area contributed by atoms with E-state index < -0.39 is 5.97 Å². The topological polar surface area (TPSA) is 95.9 Å². The zero-order valence-corrected chi connectivity index (χ0v) is 13.8. The van der Waals surface area contributed by atoms with Crippen molar-refractivity contribution in [2.75, 3.05) is 30.8 Å². The highest BCUT2D eigenvalue weighted by Gasteiger charge is 2.29.